The molecule has 7 nitrogen and oxygen atoms in total. The molecule has 1 atom stereocenters. The lowest BCUT2D eigenvalue weighted by molar-refractivity contribution is -0.144. The standard InChI is InChI=1S/C21H23FN4O3/c1-2-18-23-10-15(11-24-18)20(28)25-9-3-8-21(13-25)14-26(19(27)12-29-21)17-6-4-16(22)5-7-17/h4-7,10-11H,2-3,8-9,12-14H2,1H3. The van der Waals surface area contributed by atoms with Crippen molar-refractivity contribution in [3.05, 3.63) is 53.9 Å². The highest BCUT2D eigenvalue weighted by Gasteiger charge is 2.44. The molecule has 29 heavy (non-hydrogen) atoms. The van der Waals surface area contributed by atoms with Crippen molar-refractivity contribution in [1.29, 1.82) is 0 Å². The Balaban J connectivity index is 1.52. The second kappa shape index (κ2) is 7.87. The van der Waals surface area contributed by atoms with Gasteiger partial charge in [-0.2, -0.15) is 0 Å². The zero-order valence-corrected chi connectivity index (χ0v) is 16.3. The van der Waals surface area contributed by atoms with Crippen molar-refractivity contribution in [1.82, 2.24) is 14.9 Å². The van der Waals surface area contributed by atoms with Gasteiger partial charge in [-0.25, -0.2) is 14.4 Å². The van der Waals surface area contributed by atoms with Gasteiger partial charge in [0.2, 0.25) is 0 Å². The van der Waals surface area contributed by atoms with Crippen LogP contribution in [0, 0.1) is 5.82 Å². The van der Waals surface area contributed by atoms with Crippen molar-refractivity contribution < 1.29 is 18.7 Å². The molecule has 0 bridgehead atoms. The van der Waals surface area contributed by atoms with E-state index in [1.807, 2.05) is 6.92 Å². The SMILES string of the molecule is CCc1ncc(C(=O)N2CCCC3(C2)CN(c2ccc(F)cc2)C(=O)CO3)cn1. The first kappa shape index (κ1) is 19.4. The monoisotopic (exact) mass is 398 g/mol. The number of nitrogens with zero attached hydrogens (tertiary/aromatic N) is 4. The van der Waals surface area contributed by atoms with Crippen LogP contribution >= 0.6 is 0 Å². The highest BCUT2D eigenvalue weighted by Crippen LogP contribution is 2.32. The summed E-state index contributed by atoms with van der Waals surface area (Å²) in [7, 11) is 0. The number of rotatable bonds is 3. The molecule has 1 aromatic carbocycles. The number of halogens is 1. The number of amides is 2. The summed E-state index contributed by atoms with van der Waals surface area (Å²) in [4.78, 5) is 37.1. The number of morpholine rings is 1. The van der Waals surface area contributed by atoms with E-state index in [4.69, 9.17) is 4.74 Å². The largest absolute Gasteiger partial charge is 0.361 e. The predicted molar refractivity (Wildman–Crippen MR) is 104 cm³/mol. The molecular weight excluding hydrogens is 375 g/mol. The van der Waals surface area contributed by atoms with Gasteiger partial charge in [0.15, 0.2) is 0 Å². The van der Waals surface area contributed by atoms with Crippen molar-refractivity contribution in [3.63, 3.8) is 0 Å². The van der Waals surface area contributed by atoms with Crippen molar-refractivity contribution in [2.75, 3.05) is 31.1 Å². The normalized spacial score (nSPS) is 22.2. The molecule has 0 N–H and O–H groups in total. The molecule has 2 aromatic rings. The lowest BCUT2D eigenvalue weighted by Gasteiger charge is -2.47. The van der Waals surface area contributed by atoms with Crippen LogP contribution in [0.4, 0.5) is 10.1 Å². The maximum absolute atomic E-state index is 13.3. The molecule has 4 rings (SSSR count). The first-order chi connectivity index (χ1) is 14.0. The molecule has 1 spiro atoms. The minimum Gasteiger partial charge on any atom is -0.361 e. The number of benzene rings is 1. The summed E-state index contributed by atoms with van der Waals surface area (Å²) >= 11 is 0. The Morgan fingerprint density at radius 1 is 1.21 bits per heavy atom. The smallest absolute Gasteiger partial charge is 0.257 e. The summed E-state index contributed by atoms with van der Waals surface area (Å²) < 4.78 is 19.2. The molecule has 2 aliphatic rings. The second-order valence-electron chi connectivity index (χ2n) is 7.50. The van der Waals surface area contributed by atoms with Crippen LogP contribution in [0.2, 0.25) is 0 Å². The van der Waals surface area contributed by atoms with Crippen molar-refractivity contribution in [2.45, 2.75) is 31.8 Å². The van der Waals surface area contributed by atoms with E-state index >= 15 is 0 Å². The molecule has 2 aliphatic heterocycles. The van der Waals surface area contributed by atoms with Crippen LogP contribution < -0.4 is 4.90 Å². The fraction of sp³-hybridized carbons (Fsp3) is 0.429. The number of likely N-dealkylation sites (tertiary alicyclic amines) is 1. The average Bonchev–Trinajstić information content (AvgIpc) is 2.76. The lowest BCUT2D eigenvalue weighted by atomic mass is 9.90. The van der Waals surface area contributed by atoms with Crippen LogP contribution in [0.1, 0.15) is 35.9 Å². The Bertz CT molecular complexity index is 903. The number of piperidine rings is 1. The van der Waals surface area contributed by atoms with Gasteiger partial charge in [0.1, 0.15) is 23.8 Å². The zero-order valence-electron chi connectivity index (χ0n) is 16.3. The fourth-order valence-electron chi connectivity index (χ4n) is 3.92. The van der Waals surface area contributed by atoms with Gasteiger partial charge in [-0.15, -0.1) is 0 Å². The maximum atomic E-state index is 13.3. The van der Waals surface area contributed by atoms with Crippen molar-refractivity contribution in [3.8, 4) is 0 Å². The fourth-order valence-corrected chi connectivity index (χ4v) is 3.92. The van der Waals surface area contributed by atoms with Crippen molar-refractivity contribution in [2.24, 2.45) is 0 Å². The Kier molecular flexibility index (Phi) is 5.27. The van der Waals surface area contributed by atoms with E-state index in [1.54, 1.807) is 34.3 Å². The summed E-state index contributed by atoms with van der Waals surface area (Å²) in [5, 5.41) is 0. The van der Waals surface area contributed by atoms with E-state index in [-0.39, 0.29) is 24.2 Å². The van der Waals surface area contributed by atoms with Crippen LogP contribution in [0.15, 0.2) is 36.7 Å². The van der Waals surface area contributed by atoms with Gasteiger partial charge in [0.05, 0.1) is 18.7 Å². The molecule has 0 radical (unpaired) electrons. The summed E-state index contributed by atoms with van der Waals surface area (Å²) in [6, 6.07) is 5.85. The Morgan fingerprint density at radius 2 is 1.93 bits per heavy atom. The Hall–Kier alpha value is -2.87. The van der Waals surface area contributed by atoms with Gasteiger partial charge in [0, 0.05) is 31.0 Å². The third-order valence-corrected chi connectivity index (χ3v) is 5.48. The molecular formula is C21H23FN4O3. The molecule has 152 valence electrons. The number of aromatic nitrogens is 2. The number of carbonyl (C=O) groups excluding carboxylic acids is 2. The molecule has 3 heterocycles. The maximum Gasteiger partial charge on any atom is 0.257 e. The van der Waals surface area contributed by atoms with Crippen LogP contribution in [-0.4, -0.2) is 58.5 Å². The summed E-state index contributed by atoms with van der Waals surface area (Å²) in [5.41, 5.74) is 0.438. The lowest BCUT2D eigenvalue weighted by Crippen LogP contribution is -2.62. The molecule has 2 saturated heterocycles. The van der Waals surface area contributed by atoms with Gasteiger partial charge in [-0.05, 0) is 37.1 Å². The summed E-state index contributed by atoms with van der Waals surface area (Å²) in [6.07, 6.45) is 5.34. The third kappa shape index (κ3) is 3.98. The predicted octanol–water partition coefficient (Wildman–Crippen LogP) is 2.22. The molecule has 0 saturated carbocycles. The minimum atomic E-state index is -0.638. The van der Waals surface area contributed by atoms with Crippen LogP contribution in [-0.2, 0) is 16.0 Å². The van der Waals surface area contributed by atoms with E-state index in [0.717, 1.165) is 12.8 Å². The summed E-state index contributed by atoms with van der Waals surface area (Å²) in [5.74, 6) is 0.0328. The van der Waals surface area contributed by atoms with Gasteiger partial charge in [0.25, 0.3) is 11.8 Å². The average molecular weight is 398 g/mol. The zero-order chi connectivity index (χ0) is 20.4. The molecule has 2 fully saturated rings. The van der Waals surface area contributed by atoms with Crippen LogP contribution in [0.25, 0.3) is 0 Å². The van der Waals surface area contributed by atoms with E-state index in [1.165, 1.54) is 12.1 Å². The number of hydrogen-bond donors (Lipinski definition) is 0. The first-order valence-corrected chi connectivity index (χ1v) is 9.80. The van der Waals surface area contributed by atoms with Gasteiger partial charge < -0.3 is 14.5 Å². The van der Waals surface area contributed by atoms with E-state index in [0.29, 0.717) is 43.1 Å². The number of aryl methyl sites for hydroxylation is 1. The van der Waals surface area contributed by atoms with Crippen molar-refractivity contribution >= 4 is 17.5 Å². The molecule has 1 unspecified atom stereocenters. The third-order valence-electron chi connectivity index (χ3n) is 5.48. The second-order valence-corrected chi connectivity index (χ2v) is 7.50. The van der Waals surface area contributed by atoms with Gasteiger partial charge >= 0.3 is 0 Å². The topological polar surface area (TPSA) is 75.6 Å². The number of hydrogen-bond acceptors (Lipinski definition) is 5. The van der Waals surface area contributed by atoms with Gasteiger partial charge in [-0.3, -0.25) is 9.59 Å². The molecule has 2 amide bonds. The highest BCUT2D eigenvalue weighted by atomic mass is 19.1. The highest BCUT2D eigenvalue weighted by molar-refractivity contribution is 5.95. The Morgan fingerprint density at radius 3 is 2.62 bits per heavy atom. The molecule has 1 aromatic heterocycles. The van der Waals surface area contributed by atoms with Crippen LogP contribution in [0.3, 0.4) is 0 Å². The van der Waals surface area contributed by atoms with Gasteiger partial charge in [-0.1, -0.05) is 6.92 Å². The first-order valence-electron chi connectivity index (χ1n) is 9.80. The number of anilines is 1. The minimum absolute atomic E-state index is 0.0618. The molecule has 8 heteroatoms. The van der Waals surface area contributed by atoms with E-state index in [2.05, 4.69) is 9.97 Å². The van der Waals surface area contributed by atoms with E-state index in [9.17, 15) is 14.0 Å². The number of ether oxygens (including phenoxy) is 1. The summed E-state index contributed by atoms with van der Waals surface area (Å²) in [6.45, 7) is 3.22. The van der Waals surface area contributed by atoms with E-state index < -0.39 is 5.60 Å². The number of carbonyl (C=O) groups is 2. The molecule has 0 aliphatic carbocycles. The van der Waals surface area contributed by atoms with Crippen LogP contribution in [0.5, 0.6) is 0 Å². The Labute approximate surface area is 168 Å². The quantitative estimate of drug-likeness (QED) is 0.793.